The maximum atomic E-state index is 13.6. The first-order valence-corrected chi connectivity index (χ1v) is 17.2. The zero-order valence-electron chi connectivity index (χ0n) is 28.0. The summed E-state index contributed by atoms with van der Waals surface area (Å²) in [4.78, 5) is 16.1. The van der Waals surface area contributed by atoms with Gasteiger partial charge in [0.25, 0.3) is 10.0 Å². The van der Waals surface area contributed by atoms with Gasteiger partial charge in [0.05, 0.1) is 42.0 Å². The zero-order chi connectivity index (χ0) is 37.2. The molecule has 0 saturated heterocycles. The van der Waals surface area contributed by atoms with E-state index in [9.17, 15) is 26.4 Å². The predicted octanol–water partition coefficient (Wildman–Crippen LogP) is 6.19. The van der Waals surface area contributed by atoms with E-state index in [0.29, 0.717) is 56.7 Å². The second-order valence-corrected chi connectivity index (χ2v) is 13.2. The third-order valence-electron chi connectivity index (χ3n) is 8.08. The first-order chi connectivity index (χ1) is 24.8. The standard InChI is InChI=1S/C35H32F3N7O6S/c1-20(21-4-9-25(36)10-5-21)51-29-16-23(8-13-28(29)43-52(47,48)35(37)38)31-30-32(44(2)42-31)27(18-40-33(30)39)24-17-41-45(19-24)14-15-50-26-11-6-22(7-12-26)34(46)49-3/h4-13,16-20,35,43H,14-15H2,1-3H3,(H2,39,40)/t20-/m0/s1. The molecule has 0 fully saturated rings. The SMILES string of the molecule is COC(=O)c1ccc(OCCn2cc(-c3cnc(N)c4c(-c5ccc(NS(=O)(=O)C(F)F)c(O[C@@H](C)c6ccc(F)cc6)c5)nn(C)c34)cn2)cc1. The molecular weight excluding hydrogens is 703 g/mol. The normalized spacial score (nSPS) is 12.2. The van der Waals surface area contributed by atoms with Crippen molar-refractivity contribution in [1.82, 2.24) is 24.5 Å². The van der Waals surface area contributed by atoms with E-state index in [1.807, 2.05) is 10.9 Å². The Bertz CT molecular complexity index is 2350. The average molecular weight is 736 g/mol. The van der Waals surface area contributed by atoms with E-state index >= 15 is 0 Å². The fourth-order valence-corrected chi connectivity index (χ4v) is 6.04. The smallest absolute Gasteiger partial charge is 0.355 e. The Labute approximate surface area is 295 Å². The Kier molecular flexibility index (Phi) is 10.1. The lowest BCUT2D eigenvalue weighted by atomic mass is 10.0. The molecule has 1 atom stereocenters. The number of hydrogen-bond acceptors (Lipinski definition) is 10. The van der Waals surface area contributed by atoms with Crippen LogP contribution in [0.15, 0.2) is 85.3 Å². The number of ether oxygens (including phenoxy) is 3. The number of esters is 1. The summed E-state index contributed by atoms with van der Waals surface area (Å²) in [5, 5.41) is 9.64. The number of nitrogens with one attached hydrogen (secondary N) is 1. The van der Waals surface area contributed by atoms with E-state index in [4.69, 9.17) is 25.0 Å². The van der Waals surface area contributed by atoms with E-state index in [1.165, 1.54) is 49.6 Å². The molecule has 52 heavy (non-hydrogen) atoms. The molecule has 0 aliphatic rings. The Morgan fingerprint density at radius 2 is 1.75 bits per heavy atom. The van der Waals surface area contributed by atoms with Crippen molar-refractivity contribution >= 4 is 38.4 Å². The third kappa shape index (κ3) is 7.48. The minimum absolute atomic E-state index is 0.0806. The van der Waals surface area contributed by atoms with Gasteiger partial charge in [-0.05, 0) is 61.0 Å². The monoisotopic (exact) mass is 735 g/mol. The minimum atomic E-state index is -5.05. The lowest BCUT2D eigenvalue weighted by molar-refractivity contribution is 0.0600. The van der Waals surface area contributed by atoms with Gasteiger partial charge in [-0.3, -0.25) is 14.1 Å². The number of methoxy groups -OCH3 is 1. The lowest BCUT2D eigenvalue weighted by Crippen LogP contribution is -2.21. The quantitative estimate of drug-likeness (QED) is 0.131. The Morgan fingerprint density at radius 1 is 1.02 bits per heavy atom. The van der Waals surface area contributed by atoms with Gasteiger partial charge in [-0.1, -0.05) is 18.2 Å². The number of carbonyl (C=O) groups is 1. The summed E-state index contributed by atoms with van der Waals surface area (Å²) in [6, 6.07) is 16.3. The molecule has 0 spiro atoms. The van der Waals surface area contributed by atoms with Crippen LogP contribution in [0.4, 0.5) is 24.7 Å². The molecule has 0 saturated carbocycles. The van der Waals surface area contributed by atoms with Gasteiger partial charge in [0.15, 0.2) is 0 Å². The molecule has 0 bridgehead atoms. The highest BCUT2D eigenvalue weighted by molar-refractivity contribution is 7.93. The largest absolute Gasteiger partial charge is 0.492 e. The molecule has 6 rings (SSSR count). The molecule has 0 radical (unpaired) electrons. The number of alkyl halides is 2. The zero-order valence-corrected chi connectivity index (χ0v) is 28.8. The van der Waals surface area contributed by atoms with E-state index in [0.717, 1.165) is 0 Å². The van der Waals surface area contributed by atoms with Crippen molar-refractivity contribution in [1.29, 1.82) is 0 Å². The molecule has 0 amide bonds. The molecule has 3 aromatic carbocycles. The summed E-state index contributed by atoms with van der Waals surface area (Å²) < 4.78 is 86.3. The van der Waals surface area contributed by atoms with Crippen molar-refractivity contribution in [3.05, 3.63) is 102 Å². The molecule has 3 heterocycles. The predicted molar refractivity (Wildman–Crippen MR) is 187 cm³/mol. The number of carbonyl (C=O) groups excluding carboxylic acids is 1. The maximum Gasteiger partial charge on any atom is 0.355 e. The summed E-state index contributed by atoms with van der Waals surface area (Å²) in [6.07, 6.45) is 4.34. The van der Waals surface area contributed by atoms with E-state index in [1.54, 1.807) is 60.0 Å². The number of aromatic nitrogens is 5. The molecule has 270 valence electrons. The maximum absolute atomic E-state index is 13.6. The molecule has 6 aromatic rings. The highest BCUT2D eigenvalue weighted by Gasteiger charge is 2.27. The summed E-state index contributed by atoms with van der Waals surface area (Å²) >= 11 is 0. The van der Waals surface area contributed by atoms with Crippen LogP contribution in [0.2, 0.25) is 0 Å². The summed E-state index contributed by atoms with van der Waals surface area (Å²) in [5.74, 6) is -3.94. The van der Waals surface area contributed by atoms with Crippen molar-refractivity contribution in [2.24, 2.45) is 7.05 Å². The molecule has 0 aliphatic heterocycles. The van der Waals surface area contributed by atoms with Crippen LogP contribution in [0, 0.1) is 5.82 Å². The van der Waals surface area contributed by atoms with Crippen LogP contribution < -0.4 is 19.9 Å². The van der Waals surface area contributed by atoms with Gasteiger partial charge in [-0.2, -0.15) is 19.0 Å². The van der Waals surface area contributed by atoms with Crippen LogP contribution in [-0.4, -0.2) is 58.4 Å². The number of nitrogens with zero attached hydrogens (tertiary/aromatic N) is 5. The topological polar surface area (TPSA) is 165 Å². The molecular formula is C35H32F3N7O6S. The van der Waals surface area contributed by atoms with Gasteiger partial charge in [0.1, 0.15) is 41.5 Å². The van der Waals surface area contributed by atoms with Gasteiger partial charge in [-0.15, -0.1) is 0 Å². The third-order valence-corrected chi connectivity index (χ3v) is 9.06. The van der Waals surface area contributed by atoms with E-state index in [2.05, 4.69) is 10.1 Å². The number of aryl methyl sites for hydroxylation is 1. The highest BCUT2D eigenvalue weighted by atomic mass is 32.2. The number of halogens is 3. The summed E-state index contributed by atoms with van der Waals surface area (Å²) in [7, 11) is -2.02. The van der Waals surface area contributed by atoms with Crippen molar-refractivity contribution in [3.63, 3.8) is 0 Å². The molecule has 0 unspecified atom stereocenters. The van der Waals surface area contributed by atoms with Gasteiger partial charge >= 0.3 is 11.7 Å². The van der Waals surface area contributed by atoms with E-state index in [-0.39, 0.29) is 23.9 Å². The Balaban J connectivity index is 1.29. The second kappa shape index (κ2) is 14.6. The van der Waals surface area contributed by atoms with Crippen molar-refractivity contribution in [3.8, 4) is 33.9 Å². The summed E-state index contributed by atoms with van der Waals surface area (Å²) in [5.41, 5.74) is 9.91. The first-order valence-electron chi connectivity index (χ1n) is 15.7. The van der Waals surface area contributed by atoms with E-state index < -0.39 is 33.7 Å². The van der Waals surface area contributed by atoms with Crippen LogP contribution in [-0.2, 0) is 28.4 Å². The van der Waals surface area contributed by atoms with Crippen LogP contribution in [0.25, 0.3) is 33.3 Å². The number of anilines is 2. The fourth-order valence-electron chi connectivity index (χ4n) is 5.48. The lowest BCUT2D eigenvalue weighted by Gasteiger charge is -2.19. The van der Waals surface area contributed by atoms with Gasteiger partial charge in [-0.25, -0.2) is 22.6 Å². The van der Waals surface area contributed by atoms with Gasteiger partial charge in [0, 0.05) is 36.1 Å². The number of sulfonamides is 1. The van der Waals surface area contributed by atoms with Crippen molar-refractivity contribution in [2.75, 3.05) is 24.2 Å². The molecule has 13 nitrogen and oxygen atoms in total. The number of benzene rings is 3. The Morgan fingerprint density at radius 3 is 2.44 bits per heavy atom. The number of rotatable bonds is 13. The fraction of sp³-hybridized carbons (Fsp3) is 0.200. The number of nitrogen functional groups attached to an aromatic ring is 1. The van der Waals surface area contributed by atoms with Crippen LogP contribution in [0.1, 0.15) is 28.9 Å². The summed E-state index contributed by atoms with van der Waals surface area (Å²) in [6.45, 7) is 2.34. The van der Waals surface area contributed by atoms with Gasteiger partial charge in [0.2, 0.25) is 0 Å². The molecule has 0 aliphatic carbocycles. The highest BCUT2D eigenvalue weighted by Crippen LogP contribution is 2.40. The molecule has 3 aromatic heterocycles. The molecule has 3 N–H and O–H groups in total. The number of hydrogen-bond donors (Lipinski definition) is 2. The van der Waals surface area contributed by atoms with Crippen molar-refractivity contribution in [2.45, 2.75) is 25.3 Å². The van der Waals surface area contributed by atoms with Gasteiger partial charge < -0.3 is 19.9 Å². The average Bonchev–Trinajstić information content (AvgIpc) is 3.74. The number of fused-ring (bicyclic) bond motifs is 1. The minimum Gasteiger partial charge on any atom is -0.492 e. The number of nitrogens with two attached hydrogens (primary N) is 1. The first kappa shape index (κ1) is 35.7. The van der Waals surface area contributed by atoms with Crippen molar-refractivity contribution < 1.29 is 40.6 Å². The second-order valence-electron chi connectivity index (χ2n) is 11.5. The van der Waals surface area contributed by atoms with Crippen LogP contribution in [0.3, 0.4) is 0 Å². The van der Waals surface area contributed by atoms with Crippen LogP contribution >= 0.6 is 0 Å². The molecule has 17 heteroatoms. The van der Waals surface area contributed by atoms with Crippen LogP contribution in [0.5, 0.6) is 11.5 Å². The number of pyridine rings is 1. The Hall–Kier alpha value is -6.10.